The van der Waals surface area contributed by atoms with Gasteiger partial charge in [-0.25, -0.2) is 18.6 Å². The van der Waals surface area contributed by atoms with E-state index >= 15 is 0 Å². The molecule has 0 aliphatic carbocycles. The molecule has 0 amide bonds. The summed E-state index contributed by atoms with van der Waals surface area (Å²) in [6, 6.07) is 2.63. The lowest BCUT2D eigenvalue weighted by molar-refractivity contribution is 0.0692. The summed E-state index contributed by atoms with van der Waals surface area (Å²) in [5, 5.41) is 8.88. The number of carbonyl (C=O) groups is 1. The average molecular weight is 348 g/mol. The number of aromatic carboxylic acids is 1. The van der Waals surface area contributed by atoms with Crippen LogP contribution in [0, 0.1) is 17.5 Å². The van der Waals surface area contributed by atoms with Crippen molar-refractivity contribution in [2.45, 2.75) is 0 Å². The molecule has 0 unspecified atom stereocenters. The zero-order valence-electron chi connectivity index (χ0n) is 9.53. The molecule has 1 aromatic carbocycles. The maximum atomic E-state index is 13.5. The second kappa shape index (κ2) is 5.49. The van der Waals surface area contributed by atoms with Crippen molar-refractivity contribution in [3.8, 4) is 11.6 Å². The Kier molecular flexibility index (Phi) is 3.93. The summed E-state index contributed by atoms with van der Waals surface area (Å²) in [5.74, 6) is -6.02. The molecule has 104 valence electrons. The number of pyridine rings is 1. The van der Waals surface area contributed by atoms with Gasteiger partial charge in [0.2, 0.25) is 11.7 Å². The van der Waals surface area contributed by atoms with Gasteiger partial charge in [0.1, 0.15) is 11.4 Å². The Morgan fingerprint density at radius 2 is 1.95 bits per heavy atom. The second-order valence-corrected chi connectivity index (χ2v) is 4.53. The van der Waals surface area contributed by atoms with E-state index in [-0.39, 0.29) is 4.47 Å². The van der Waals surface area contributed by atoms with Crippen LogP contribution in [0.1, 0.15) is 10.4 Å². The first kappa shape index (κ1) is 14.3. The Morgan fingerprint density at radius 1 is 1.25 bits per heavy atom. The van der Waals surface area contributed by atoms with Gasteiger partial charge in [-0.2, -0.15) is 4.39 Å². The molecule has 0 aliphatic rings. The molecular weight excluding hydrogens is 343 g/mol. The number of hydrogen-bond donors (Lipinski definition) is 1. The fourth-order valence-electron chi connectivity index (χ4n) is 1.37. The zero-order valence-corrected chi connectivity index (χ0v) is 11.1. The largest absolute Gasteiger partial charge is 0.477 e. The van der Waals surface area contributed by atoms with E-state index in [0.717, 1.165) is 12.1 Å². The summed E-state index contributed by atoms with van der Waals surface area (Å²) in [4.78, 5) is 14.3. The van der Waals surface area contributed by atoms with Gasteiger partial charge < -0.3 is 9.84 Å². The smallest absolute Gasteiger partial charge is 0.341 e. The number of nitrogens with zero attached hydrogens (tertiary/aromatic N) is 1. The summed E-state index contributed by atoms with van der Waals surface area (Å²) in [5.41, 5.74) is -0.607. The first-order valence-corrected chi connectivity index (χ1v) is 5.89. The quantitative estimate of drug-likeness (QED) is 0.859. The molecule has 20 heavy (non-hydrogen) atoms. The maximum absolute atomic E-state index is 13.5. The van der Waals surface area contributed by atoms with E-state index in [1.165, 1.54) is 0 Å². The molecule has 1 heterocycles. The van der Waals surface area contributed by atoms with Crippen LogP contribution >= 0.6 is 15.9 Å². The first-order chi connectivity index (χ1) is 9.38. The van der Waals surface area contributed by atoms with Crippen molar-refractivity contribution >= 4 is 21.9 Å². The van der Waals surface area contributed by atoms with E-state index < -0.39 is 40.6 Å². The molecule has 1 N–H and O–H groups in total. The van der Waals surface area contributed by atoms with Crippen molar-refractivity contribution in [3.05, 3.63) is 51.9 Å². The van der Waals surface area contributed by atoms with Crippen LogP contribution in [-0.4, -0.2) is 16.1 Å². The van der Waals surface area contributed by atoms with Crippen molar-refractivity contribution in [1.29, 1.82) is 0 Å². The highest BCUT2D eigenvalue weighted by Crippen LogP contribution is 2.30. The minimum atomic E-state index is -1.51. The number of benzene rings is 1. The fraction of sp³-hybridized carbons (Fsp3) is 0. The Morgan fingerprint density at radius 3 is 2.60 bits per heavy atom. The highest BCUT2D eigenvalue weighted by Gasteiger charge is 2.18. The van der Waals surface area contributed by atoms with Crippen LogP contribution in [0.2, 0.25) is 0 Å². The van der Waals surface area contributed by atoms with Crippen LogP contribution in [0.4, 0.5) is 13.2 Å². The summed E-state index contributed by atoms with van der Waals surface area (Å²) >= 11 is 2.94. The highest BCUT2D eigenvalue weighted by atomic mass is 79.9. The van der Waals surface area contributed by atoms with Crippen molar-refractivity contribution in [2.24, 2.45) is 0 Å². The third-order valence-corrected chi connectivity index (χ3v) is 2.67. The predicted octanol–water partition coefficient (Wildman–Crippen LogP) is 3.75. The lowest BCUT2D eigenvalue weighted by atomic mass is 10.2. The molecule has 0 saturated heterocycles. The van der Waals surface area contributed by atoms with Gasteiger partial charge in [0.05, 0.1) is 6.20 Å². The van der Waals surface area contributed by atoms with Crippen LogP contribution in [0.15, 0.2) is 28.9 Å². The minimum absolute atomic E-state index is 0.186. The van der Waals surface area contributed by atoms with Crippen molar-refractivity contribution in [3.63, 3.8) is 0 Å². The number of carboxylic acids is 1. The predicted molar refractivity (Wildman–Crippen MR) is 65.3 cm³/mol. The van der Waals surface area contributed by atoms with E-state index in [4.69, 9.17) is 9.84 Å². The van der Waals surface area contributed by atoms with Gasteiger partial charge in [-0.15, -0.1) is 0 Å². The number of ether oxygens (including phenoxy) is 1. The number of halogens is 4. The molecule has 1 aromatic heterocycles. The third-order valence-electron chi connectivity index (χ3n) is 2.21. The summed E-state index contributed by atoms with van der Waals surface area (Å²) < 4.78 is 44.7. The van der Waals surface area contributed by atoms with E-state index in [1.807, 2.05) is 0 Å². The monoisotopic (exact) mass is 347 g/mol. The molecule has 4 nitrogen and oxygen atoms in total. The Labute approximate surface area is 119 Å². The van der Waals surface area contributed by atoms with Gasteiger partial charge in [-0.05, 0) is 18.2 Å². The SMILES string of the molecule is O=C(O)c1cc(F)cnc1Oc1cc(Br)cc(F)c1F. The van der Waals surface area contributed by atoms with E-state index in [2.05, 4.69) is 20.9 Å². The molecular formula is C12H5BrF3NO3. The maximum Gasteiger partial charge on any atom is 0.341 e. The lowest BCUT2D eigenvalue weighted by Crippen LogP contribution is -2.04. The topological polar surface area (TPSA) is 59.4 Å². The number of rotatable bonds is 3. The number of hydrogen-bond acceptors (Lipinski definition) is 3. The van der Waals surface area contributed by atoms with Gasteiger partial charge >= 0.3 is 5.97 Å². The number of carboxylic acid groups (broad SMARTS) is 1. The van der Waals surface area contributed by atoms with Gasteiger partial charge in [0.25, 0.3) is 0 Å². The van der Waals surface area contributed by atoms with Crippen LogP contribution in [-0.2, 0) is 0 Å². The van der Waals surface area contributed by atoms with Crippen molar-refractivity contribution in [1.82, 2.24) is 4.98 Å². The standard InChI is InChI=1S/C12H5BrF3NO3/c13-5-1-8(15)10(16)9(2-5)20-11-7(12(18)19)3-6(14)4-17-11/h1-4H,(H,18,19). The van der Waals surface area contributed by atoms with Gasteiger partial charge in [0.15, 0.2) is 11.6 Å². The normalized spacial score (nSPS) is 10.4. The average Bonchev–Trinajstić information content (AvgIpc) is 2.37. The molecule has 8 heteroatoms. The van der Waals surface area contributed by atoms with Crippen LogP contribution in [0.5, 0.6) is 11.6 Å². The first-order valence-electron chi connectivity index (χ1n) is 5.09. The third kappa shape index (κ3) is 2.90. The van der Waals surface area contributed by atoms with Crippen LogP contribution in [0.3, 0.4) is 0 Å². The van der Waals surface area contributed by atoms with Gasteiger partial charge in [-0.1, -0.05) is 15.9 Å². The molecule has 0 atom stereocenters. The van der Waals surface area contributed by atoms with E-state index in [0.29, 0.717) is 12.3 Å². The van der Waals surface area contributed by atoms with E-state index in [9.17, 15) is 18.0 Å². The molecule has 0 bridgehead atoms. The molecule has 0 radical (unpaired) electrons. The van der Waals surface area contributed by atoms with E-state index in [1.54, 1.807) is 0 Å². The molecule has 2 aromatic rings. The van der Waals surface area contributed by atoms with Crippen molar-refractivity contribution in [2.75, 3.05) is 0 Å². The van der Waals surface area contributed by atoms with Gasteiger partial charge in [0, 0.05) is 4.47 Å². The van der Waals surface area contributed by atoms with Gasteiger partial charge in [-0.3, -0.25) is 0 Å². The highest BCUT2D eigenvalue weighted by molar-refractivity contribution is 9.10. The second-order valence-electron chi connectivity index (χ2n) is 3.61. The Balaban J connectivity index is 2.48. The summed E-state index contributed by atoms with van der Waals surface area (Å²) in [7, 11) is 0. The molecule has 0 aliphatic heterocycles. The minimum Gasteiger partial charge on any atom is -0.477 e. The molecule has 0 fully saturated rings. The molecule has 2 rings (SSSR count). The van der Waals surface area contributed by atoms with Crippen LogP contribution in [0.25, 0.3) is 0 Å². The summed E-state index contributed by atoms with van der Waals surface area (Å²) in [6.45, 7) is 0. The molecule has 0 saturated carbocycles. The number of aromatic nitrogens is 1. The molecule has 0 spiro atoms. The summed E-state index contributed by atoms with van der Waals surface area (Å²) in [6.07, 6.45) is 0.702. The Hall–Kier alpha value is -2.09. The zero-order chi connectivity index (χ0) is 14.9. The lowest BCUT2D eigenvalue weighted by Gasteiger charge is -2.09. The fourth-order valence-corrected chi connectivity index (χ4v) is 1.78. The van der Waals surface area contributed by atoms with Crippen molar-refractivity contribution < 1.29 is 27.8 Å². The van der Waals surface area contributed by atoms with Crippen LogP contribution < -0.4 is 4.74 Å². The Bertz CT molecular complexity index is 694.